The molecule has 0 aromatic carbocycles. The summed E-state index contributed by atoms with van der Waals surface area (Å²) in [6.07, 6.45) is 103. The minimum atomic E-state index is -0.847. The highest BCUT2D eigenvalue weighted by Crippen LogP contribution is 2.13. The van der Waals surface area contributed by atoms with Gasteiger partial charge in [-0.1, -0.05) is 259 Å². The zero-order valence-electron chi connectivity index (χ0n) is 51.2. The molecule has 0 bridgehead atoms. The number of hydrogen-bond donors (Lipinski definition) is 0. The summed E-state index contributed by atoms with van der Waals surface area (Å²) in [4.78, 5) is 38.3. The largest absolute Gasteiger partial charge is 0.462 e. The normalized spacial score (nSPS) is 13.6. The van der Waals surface area contributed by atoms with Crippen molar-refractivity contribution in [3.8, 4) is 0 Å². The fourth-order valence-electron chi connectivity index (χ4n) is 7.67. The van der Waals surface area contributed by atoms with E-state index in [4.69, 9.17) is 14.2 Å². The first kappa shape index (κ1) is 75.0. The summed E-state index contributed by atoms with van der Waals surface area (Å²) >= 11 is 0. The Morgan fingerprint density at radius 3 is 0.728 bits per heavy atom. The summed E-state index contributed by atoms with van der Waals surface area (Å²) in [5, 5.41) is 0. The van der Waals surface area contributed by atoms with Gasteiger partial charge in [-0.15, -0.1) is 0 Å². The van der Waals surface area contributed by atoms with E-state index in [0.29, 0.717) is 12.8 Å². The van der Waals surface area contributed by atoms with Gasteiger partial charge in [0.05, 0.1) is 0 Å². The van der Waals surface area contributed by atoms with Crippen molar-refractivity contribution in [2.75, 3.05) is 13.2 Å². The second-order valence-corrected chi connectivity index (χ2v) is 19.8. The van der Waals surface area contributed by atoms with Crippen LogP contribution < -0.4 is 0 Å². The Morgan fingerprint density at radius 2 is 0.457 bits per heavy atom. The Hall–Kier alpha value is -6.01. The van der Waals surface area contributed by atoms with Crippen molar-refractivity contribution < 1.29 is 28.6 Å². The van der Waals surface area contributed by atoms with Crippen LogP contribution in [0.15, 0.2) is 207 Å². The number of ether oxygens (including phenoxy) is 3. The van der Waals surface area contributed by atoms with Gasteiger partial charge in [-0.05, 0) is 154 Å². The first-order valence-electron chi connectivity index (χ1n) is 31.6. The standard InChI is InChI=1S/C75H112O6/c1-4-7-10-13-16-19-22-25-28-31-33-35-37-39-41-44-47-50-53-56-59-62-65-68-74(77)80-71-72(70-79-73(76)67-64-61-58-55-52-49-46-43-30-27-24-21-18-15-12-9-6-3)81-75(78)69-66-63-60-57-54-51-48-45-42-40-38-36-34-32-29-26-23-20-17-14-11-8-5-2/h7-12,16-21,25-30,33-36,39-42,46-47,49-50,55-56,58-59,72H,4-6,13-15,22-24,31-32,37-38,43-45,48,51-54,57,60-71H2,1-3H3/b10-7-,11-8-,12-9-,19-16-,20-17-,21-18-,28-25-,29-26-,30-27-,35-33-,36-34-,41-39-,42-40-,49-46-,50-47-,58-55-,59-56-. The predicted octanol–water partition coefficient (Wildman–Crippen LogP) is 22.0. The van der Waals surface area contributed by atoms with Gasteiger partial charge in [-0.2, -0.15) is 0 Å². The Labute approximate surface area is 496 Å². The van der Waals surface area contributed by atoms with Crippen LogP contribution in [0, 0.1) is 0 Å². The van der Waals surface area contributed by atoms with Gasteiger partial charge in [-0.25, -0.2) is 0 Å². The van der Waals surface area contributed by atoms with Gasteiger partial charge >= 0.3 is 17.9 Å². The van der Waals surface area contributed by atoms with Gasteiger partial charge in [0.1, 0.15) is 13.2 Å². The number of unbranched alkanes of at least 4 members (excludes halogenated alkanes) is 9. The number of hydrogen-bond acceptors (Lipinski definition) is 6. The predicted molar refractivity (Wildman–Crippen MR) is 352 cm³/mol. The van der Waals surface area contributed by atoms with Gasteiger partial charge in [0, 0.05) is 19.3 Å². The Bertz CT molecular complexity index is 2000. The molecule has 0 radical (unpaired) electrons. The lowest BCUT2D eigenvalue weighted by molar-refractivity contribution is -0.167. The van der Waals surface area contributed by atoms with E-state index in [9.17, 15) is 14.4 Å². The topological polar surface area (TPSA) is 78.9 Å². The highest BCUT2D eigenvalue weighted by Gasteiger charge is 2.19. The van der Waals surface area contributed by atoms with E-state index in [-0.39, 0.29) is 50.4 Å². The summed E-state index contributed by atoms with van der Waals surface area (Å²) in [7, 11) is 0. The van der Waals surface area contributed by atoms with E-state index in [2.05, 4.69) is 227 Å². The molecule has 0 aliphatic rings. The first-order chi connectivity index (χ1) is 40.0. The average Bonchev–Trinajstić information content (AvgIpc) is 3.47. The van der Waals surface area contributed by atoms with Gasteiger partial charge in [-0.3, -0.25) is 14.4 Å². The van der Waals surface area contributed by atoms with Crippen LogP contribution in [0.1, 0.15) is 226 Å². The number of carbonyl (C=O) groups is 3. The minimum Gasteiger partial charge on any atom is -0.462 e. The Kier molecular flexibility index (Phi) is 61.6. The van der Waals surface area contributed by atoms with Gasteiger partial charge in [0.2, 0.25) is 0 Å². The van der Waals surface area contributed by atoms with Crippen LogP contribution in [0.25, 0.3) is 0 Å². The summed E-state index contributed by atoms with van der Waals surface area (Å²) in [5.74, 6) is -1.08. The van der Waals surface area contributed by atoms with E-state index in [0.717, 1.165) is 154 Å². The highest BCUT2D eigenvalue weighted by atomic mass is 16.6. The zero-order chi connectivity index (χ0) is 58.5. The smallest absolute Gasteiger partial charge is 0.306 e. The average molecular weight is 1110 g/mol. The van der Waals surface area contributed by atoms with Crippen LogP contribution in [-0.2, 0) is 28.6 Å². The van der Waals surface area contributed by atoms with Gasteiger partial charge in [0.25, 0.3) is 0 Å². The SMILES string of the molecule is CC/C=C\C/C=C\C/C=C\C/C=C\C/C=C\C/C=C\C/C=C\CCCC(=O)OCC(COC(=O)CCC/C=C\C/C=C\C/C=C\C/C=C\C/C=C\CC)OC(=O)CCCCCCCCC/C=C\C/C=C\C/C=C\C/C=C\C/C=C\CC. The molecule has 0 saturated heterocycles. The lowest BCUT2D eigenvalue weighted by Gasteiger charge is -2.18. The number of allylic oxidation sites excluding steroid dienone is 34. The second kappa shape index (κ2) is 66.5. The monoisotopic (exact) mass is 1110 g/mol. The van der Waals surface area contributed by atoms with Gasteiger partial charge < -0.3 is 14.2 Å². The van der Waals surface area contributed by atoms with E-state index >= 15 is 0 Å². The molecule has 448 valence electrons. The van der Waals surface area contributed by atoms with E-state index in [1.54, 1.807) is 0 Å². The van der Waals surface area contributed by atoms with E-state index in [1.165, 1.54) is 19.3 Å². The van der Waals surface area contributed by atoms with Crippen molar-refractivity contribution in [1.82, 2.24) is 0 Å². The van der Waals surface area contributed by atoms with Crippen molar-refractivity contribution in [1.29, 1.82) is 0 Å². The maximum absolute atomic E-state index is 12.9. The molecule has 0 aromatic heterocycles. The summed E-state index contributed by atoms with van der Waals surface area (Å²) in [6.45, 7) is 6.17. The van der Waals surface area contributed by atoms with Crippen molar-refractivity contribution in [2.24, 2.45) is 0 Å². The number of rotatable bonds is 54. The summed E-state index contributed by atoms with van der Waals surface area (Å²) in [6, 6.07) is 0. The molecule has 0 aliphatic heterocycles. The molecule has 0 aliphatic carbocycles. The van der Waals surface area contributed by atoms with Gasteiger partial charge in [0.15, 0.2) is 6.10 Å². The van der Waals surface area contributed by atoms with E-state index < -0.39 is 6.10 Å². The third-order valence-corrected chi connectivity index (χ3v) is 12.3. The summed E-state index contributed by atoms with van der Waals surface area (Å²) in [5.41, 5.74) is 0. The third kappa shape index (κ3) is 64.7. The Balaban J connectivity index is 4.63. The molecule has 0 N–H and O–H groups in total. The minimum absolute atomic E-state index is 0.142. The fourth-order valence-corrected chi connectivity index (χ4v) is 7.67. The lowest BCUT2D eigenvalue weighted by atomic mass is 10.1. The molecule has 0 spiro atoms. The molecular formula is C75H112O6. The lowest BCUT2D eigenvalue weighted by Crippen LogP contribution is -2.30. The van der Waals surface area contributed by atoms with Crippen molar-refractivity contribution >= 4 is 17.9 Å². The van der Waals surface area contributed by atoms with Crippen molar-refractivity contribution in [3.05, 3.63) is 207 Å². The molecule has 0 aromatic rings. The van der Waals surface area contributed by atoms with Crippen molar-refractivity contribution in [3.63, 3.8) is 0 Å². The molecule has 1 atom stereocenters. The molecule has 0 saturated carbocycles. The van der Waals surface area contributed by atoms with Crippen LogP contribution in [0.4, 0.5) is 0 Å². The maximum Gasteiger partial charge on any atom is 0.306 e. The third-order valence-electron chi connectivity index (χ3n) is 12.3. The maximum atomic E-state index is 12.9. The van der Waals surface area contributed by atoms with Crippen LogP contribution >= 0.6 is 0 Å². The van der Waals surface area contributed by atoms with Crippen LogP contribution in [0.2, 0.25) is 0 Å². The quantitative estimate of drug-likeness (QED) is 0.0261. The molecule has 0 heterocycles. The van der Waals surface area contributed by atoms with Crippen LogP contribution in [-0.4, -0.2) is 37.2 Å². The molecule has 0 rings (SSSR count). The highest BCUT2D eigenvalue weighted by molar-refractivity contribution is 5.71. The molecule has 0 amide bonds. The molecule has 1 unspecified atom stereocenters. The zero-order valence-corrected chi connectivity index (χ0v) is 51.2. The molecule has 0 fully saturated rings. The van der Waals surface area contributed by atoms with Crippen LogP contribution in [0.3, 0.4) is 0 Å². The molecular weight excluding hydrogens is 997 g/mol. The second-order valence-electron chi connectivity index (χ2n) is 19.8. The Morgan fingerprint density at radius 1 is 0.247 bits per heavy atom. The number of esters is 3. The van der Waals surface area contributed by atoms with Crippen LogP contribution in [0.5, 0.6) is 0 Å². The van der Waals surface area contributed by atoms with E-state index in [1.807, 2.05) is 0 Å². The van der Waals surface area contributed by atoms with Crippen molar-refractivity contribution in [2.45, 2.75) is 232 Å². The molecule has 6 heteroatoms. The molecule has 6 nitrogen and oxygen atoms in total. The molecule has 81 heavy (non-hydrogen) atoms. The first-order valence-corrected chi connectivity index (χ1v) is 31.6. The summed E-state index contributed by atoms with van der Waals surface area (Å²) < 4.78 is 16.8. The number of carbonyl (C=O) groups excluding carboxylic acids is 3. The fraction of sp³-hybridized carbons (Fsp3) is 0.507.